The van der Waals surface area contributed by atoms with E-state index in [9.17, 15) is 15.0 Å². The molecule has 0 heterocycles. The van der Waals surface area contributed by atoms with Crippen LogP contribution in [0.3, 0.4) is 0 Å². The number of nitrogens with two attached hydrogens (primary N) is 1. The molecule has 0 aliphatic heterocycles. The van der Waals surface area contributed by atoms with E-state index in [-0.39, 0.29) is 17.4 Å². The highest BCUT2D eigenvalue weighted by molar-refractivity contribution is 5.95. The van der Waals surface area contributed by atoms with Crippen molar-refractivity contribution < 1.29 is 29.2 Å². The third-order valence-corrected chi connectivity index (χ3v) is 5.84. The zero-order valence-electron chi connectivity index (χ0n) is 21.1. The van der Waals surface area contributed by atoms with Crippen molar-refractivity contribution >= 4 is 5.91 Å². The number of amides is 1. The number of benzene rings is 3. The first kappa shape index (κ1) is 28.0. The van der Waals surface area contributed by atoms with Gasteiger partial charge in [-0.05, 0) is 54.3 Å². The largest absolute Gasteiger partial charge is 0.507 e. The smallest absolute Gasteiger partial charge is 0.252 e. The topological polar surface area (TPSA) is 123 Å². The quantitative estimate of drug-likeness (QED) is 0.219. The highest BCUT2D eigenvalue weighted by Crippen LogP contribution is 2.24. The van der Waals surface area contributed by atoms with Crippen LogP contribution in [0.2, 0.25) is 0 Å². The molecule has 5 N–H and O–H groups in total. The van der Waals surface area contributed by atoms with E-state index in [1.165, 1.54) is 12.1 Å². The molecule has 37 heavy (non-hydrogen) atoms. The van der Waals surface area contributed by atoms with Crippen LogP contribution in [0, 0.1) is 0 Å². The van der Waals surface area contributed by atoms with E-state index in [4.69, 9.17) is 19.9 Å². The molecule has 198 valence electrons. The van der Waals surface area contributed by atoms with Crippen molar-refractivity contribution in [3.63, 3.8) is 0 Å². The Labute approximate surface area is 218 Å². The number of carbonyl (C=O) groups is 1. The van der Waals surface area contributed by atoms with Crippen LogP contribution in [0.15, 0.2) is 72.8 Å². The number of rotatable bonds is 16. The molecule has 0 saturated heterocycles. The van der Waals surface area contributed by atoms with E-state index in [2.05, 4.69) is 5.32 Å². The molecule has 3 aromatic rings. The Kier molecular flexibility index (Phi) is 11.2. The van der Waals surface area contributed by atoms with Crippen LogP contribution in [0.25, 0.3) is 0 Å². The Morgan fingerprint density at radius 2 is 1.68 bits per heavy atom. The van der Waals surface area contributed by atoms with Gasteiger partial charge in [-0.2, -0.15) is 0 Å². The van der Waals surface area contributed by atoms with Gasteiger partial charge in [-0.25, -0.2) is 0 Å². The molecule has 0 aliphatic carbocycles. The van der Waals surface area contributed by atoms with E-state index in [0.29, 0.717) is 44.9 Å². The molecule has 0 fully saturated rings. The van der Waals surface area contributed by atoms with Gasteiger partial charge < -0.3 is 35.5 Å². The first-order chi connectivity index (χ1) is 17.9. The molecule has 0 saturated carbocycles. The zero-order valence-corrected chi connectivity index (χ0v) is 21.1. The van der Waals surface area contributed by atoms with Gasteiger partial charge in [0.05, 0.1) is 18.3 Å². The molecule has 0 aromatic heterocycles. The Balaban J connectivity index is 1.50. The van der Waals surface area contributed by atoms with Crippen LogP contribution < -0.4 is 20.5 Å². The summed E-state index contributed by atoms with van der Waals surface area (Å²) in [4.78, 5) is 11.6. The second-order valence-electron chi connectivity index (χ2n) is 8.81. The molecular weight excluding hydrogens is 472 g/mol. The normalized spacial score (nSPS) is 12.6. The molecule has 0 aliphatic rings. The van der Waals surface area contributed by atoms with Crippen LogP contribution >= 0.6 is 0 Å². The maximum Gasteiger partial charge on any atom is 0.252 e. The van der Waals surface area contributed by atoms with Crippen molar-refractivity contribution in [2.45, 2.75) is 31.5 Å². The molecule has 0 radical (unpaired) electrons. The molecule has 0 spiro atoms. The van der Waals surface area contributed by atoms with Gasteiger partial charge in [0.25, 0.3) is 5.91 Å². The average Bonchev–Trinajstić information content (AvgIpc) is 2.90. The molecular formula is C29H36N2O6. The lowest BCUT2D eigenvalue weighted by atomic mass is 10.1. The third-order valence-electron chi connectivity index (χ3n) is 5.84. The number of phenols is 1. The minimum atomic E-state index is -0.725. The highest BCUT2D eigenvalue weighted by atomic mass is 16.5. The van der Waals surface area contributed by atoms with Gasteiger partial charge in [0, 0.05) is 26.6 Å². The van der Waals surface area contributed by atoms with Crippen molar-refractivity contribution in [3.05, 3.63) is 89.5 Å². The number of hydrogen-bond donors (Lipinski definition) is 4. The number of aliphatic hydroxyl groups is 1. The Bertz CT molecular complexity index is 1090. The third kappa shape index (κ3) is 9.76. The lowest BCUT2D eigenvalue weighted by Gasteiger charge is -2.21. The van der Waals surface area contributed by atoms with Gasteiger partial charge in [0.1, 0.15) is 30.0 Å². The average molecular weight is 509 g/mol. The second kappa shape index (κ2) is 14.8. The number of aliphatic hydroxyl groups excluding tert-OH is 1. The fourth-order valence-electron chi connectivity index (χ4n) is 3.85. The van der Waals surface area contributed by atoms with Crippen LogP contribution in [0.5, 0.6) is 17.2 Å². The predicted octanol–water partition coefficient (Wildman–Crippen LogP) is 3.09. The molecule has 0 bridgehead atoms. The van der Waals surface area contributed by atoms with Gasteiger partial charge in [-0.3, -0.25) is 4.79 Å². The van der Waals surface area contributed by atoms with Crippen molar-refractivity contribution in [1.82, 2.24) is 5.32 Å². The summed E-state index contributed by atoms with van der Waals surface area (Å²) in [5.74, 6) is 0.319. The van der Waals surface area contributed by atoms with Crippen LogP contribution in [0.4, 0.5) is 0 Å². The summed E-state index contributed by atoms with van der Waals surface area (Å²) in [6.07, 6.45) is 1.18. The minimum absolute atomic E-state index is 0.00825. The molecule has 3 aromatic carbocycles. The Morgan fingerprint density at radius 3 is 2.38 bits per heavy atom. The fraction of sp³-hybridized carbons (Fsp3) is 0.345. The van der Waals surface area contributed by atoms with E-state index in [1.807, 2.05) is 54.6 Å². The van der Waals surface area contributed by atoms with Crippen molar-refractivity contribution in [2.75, 3.05) is 33.4 Å². The minimum Gasteiger partial charge on any atom is -0.507 e. The molecule has 8 heteroatoms. The Morgan fingerprint density at radius 1 is 0.946 bits per heavy atom. The summed E-state index contributed by atoms with van der Waals surface area (Å²) in [6, 6.07) is 22.2. The van der Waals surface area contributed by atoms with Crippen LogP contribution in [-0.4, -0.2) is 61.7 Å². The molecule has 1 amide bonds. The fourth-order valence-corrected chi connectivity index (χ4v) is 3.85. The van der Waals surface area contributed by atoms with E-state index in [0.717, 1.165) is 23.3 Å². The highest BCUT2D eigenvalue weighted by Gasteiger charge is 2.16. The van der Waals surface area contributed by atoms with Gasteiger partial charge >= 0.3 is 0 Å². The summed E-state index contributed by atoms with van der Waals surface area (Å²) in [5.41, 5.74) is 7.58. The van der Waals surface area contributed by atoms with Crippen molar-refractivity contribution in [2.24, 2.45) is 5.73 Å². The summed E-state index contributed by atoms with van der Waals surface area (Å²) in [5, 5.41) is 23.7. The number of aromatic hydroxyl groups is 1. The molecule has 8 nitrogen and oxygen atoms in total. The van der Waals surface area contributed by atoms with Crippen molar-refractivity contribution in [3.8, 4) is 17.2 Å². The summed E-state index contributed by atoms with van der Waals surface area (Å²) in [6.45, 7) is 1.94. The van der Waals surface area contributed by atoms with E-state index >= 15 is 0 Å². The second-order valence-corrected chi connectivity index (χ2v) is 8.81. The first-order valence-corrected chi connectivity index (χ1v) is 12.4. The van der Waals surface area contributed by atoms with Gasteiger partial charge in [-0.1, -0.05) is 42.5 Å². The number of ether oxygens (including phenoxy) is 3. The number of carbonyl (C=O) groups excluding carboxylic acids is 1. The van der Waals surface area contributed by atoms with E-state index < -0.39 is 12.0 Å². The zero-order chi connectivity index (χ0) is 26.5. The van der Waals surface area contributed by atoms with Gasteiger partial charge in [0.2, 0.25) is 0 Å². The maximum absolute atomic E-state index is 11.6. The lowest BCUT2D eigenvalue weighted by molar-refractivity contribution is 0.0996. The van der Waals surface area contributed by atoms with Crippen molar-refractivity contribution in [1.29, 1.82) is 0 Å². The molecule has 3 rings (SSSR count). The summed E-state index contributed by atoms with van der Waals surface area (Å²) >= 11 is 0. The number of hydrogen-bond acceptors (Lipinski definition) is 7. The first-order valence-electron chi connectivity index (χ1n) is 12.4. The Hall–Kier alpha value is -3.59. The SMILES string of the molecule is COCCOc1ccc(CCC(O)CNCC(Cc2ccccc2)Oc2ccc(O)c(C(N)=O)c2)cc1. The summed E-state index contributed by atoms with van der Waals surface area (Å²) in [7, 11) is 1.64. The summed E-state index contributed by atoms with van der Waals surface area (Å²) < 4.78 is 16.7. The number of primary amides is 1. The standard InChI is InChI=1S/C29H36N2O6/c1-35-15-16-36-24-11-8-21(9-12-24)7-10-23(32)19-31-20-26(17-22-5-3-2-4-6-22)37-25-13-14-28(33)27(18-25)29(30)34/h2-6,8-9,11-14,18,23,26,31-33H,7,10,15-17,19-20H2,1H3,(H2,30,34). The number of nitrogens with one attached hydrogen (secondary N) is 1. The van der Waals surface area contributed by atoms with E-state index in [1.54, 1.807) is 13.2 Å². The van der Waals surface area contributed by atoms with Gasteiger partial charge in [-0.15, -0.1) is 0 Å². The van der Waals surface area contributed by atoms with Crippen LogP contribution in [-0.2, 0) is 17.6 Å². The lowest BCUT2D eigenvalue weighted by Crippen LogP contribution is -2.37. The predicted molar refractivity (Wildman–Crippen MR) is 142 cm³/mol. The number of aryl methyl sites for hydroxylation is 1. The number of methoxy groups -OCH3 is 1. The molecule has 2 unspecified atom stereocenters. The molecule has 2 atom stereocenters. The maximum atomic E-state index is 11.6. The monoisotopic (exact) mass is 508 g/mol. The van der Waals surface area contributed by atoms with Gasteiger partial charge in [0.15, 0.2) is 0 Å². The van der Waals surface area contributed by atoms with Crippen LogP contribution in [0.1, 0.15) is 27.9 Å².